The number of hydrogen-bond acceptors (Lipinski definition) is 3. The van der Waals surface area contributed by atoms with Crippen LogP contribution >= 0.6 is 0 Å². The SMILES string of the molecule is CCn1nc(C)cc1CNCCCC(N)=O. The number of amides is 1. The van der Waals surface area contributed by atoms with Gasteiger partial charge >= 0.3 is 0 Å². The van der Waals surface area contributed by atoms with E-state index in [1.807, 2.05) is 11.6 Å². The highest BCUT2D eigenvalue weighted by Gasteiger charge is 2.02. The molecule has 0 bridgehead atoms. The highest BCUT2D eigenvalue weighted by atomic mass is 16.1. The molecule has 16 heavy (non-hydrogen) atoms. The lowest BCUT2D eigenvalue weighted by Gasteiger charge is -2.05. The molecule has 0 aromatic carbocycles. The van der Waals surface area contributed by atoms with Crippen LogP contribution in [0.1, 0.15) is 31.2 Å². The van der Waals surface area contributed by atoms with E-state index in [1.165, 1.54) is 5.69 Å². The smallest absolute Gasteiger partial charge is 0.217 e. The number of nitrogens with one attached hydrogen (secondary N) is 1. The summed E-state index contributed by atoms with van der Waals surface area (Å²) in [4.78, 5) is 10.5. The van der Waals surface area contributed by atoms with Crippen molar-refractivity contribution in [2.24, 2.45) is 5.73 Å². The van der Waals surface area contributed by atoms with E-state index in [0.717, 1.165) is 31.7 Å². The molecule has 1 aromatic heterocycles. The van der Waals surface area contributed by atoms with Crippen molar-refractivity contribution in [3.63, 3.8) is 0 Å². The average Bonchev–Trinajstić information content (AvgIpc) is 2.58. The third-order valence-electron chi connectivity index (χ3n) is 2.37. The molecule has 1 aromatic rings. The lowest BCUT2D eigenvalue weighted by molar-refractivity contribution is -0.118. The van der Waals surface area contributed by atoms with Crippen LogP contribution in [0.15, 0.2) is 6.07 Å². The number of hydrogen-bond donors (Lipinski definition) is 2. The van der Waals surface area contributed by atoms with Crippen molar-refractivity contribution in [3.05, 3.63) is 17.5 Å². The van der Waals surface area contributed by atoms with Gasteiger partial charge in [0.2, 0.25) is 5.91 Å². The zero-order valence-electron chi connectivity index (χ0n) is 9.99. The van der Waals surface area contributed by atoms with Crippen LogP contribution in [0.3, 0.4) is 0 Å². The number of primary amides is 1. The van der Waals surface area contributed by atoms with Crippen molar-refractivity contribution in [2.45, 2.75) is 39.8 Å². The monoisotopic (exact) mass is 224 g/mol. The second-order valence-corrected chi connectivity index (χ2v) is 3.84. The minimum absolute atomic E-state index is 0.240. The fraction of sp³-hybridized carbons (Fsp3) is 0.636. The van der Waals surface area contributed by atoms with Gasteiger partial charge in [-0.2, -0.15) is 5.10 Å². The van der Waals surface area contributed by atoms with E-state index in [2.05, 4.69) is 23.4 Å². The molecule has 1 rings (SSSR count). The molecule has 0 atom stereocenters. The van der Waals surface area contributed by atoms with Crippen LogP contribution in [0.4, 0.5) is 0 Å². The molecule has 0 unspecified atom stereocenters. The molecule has 0 saturated carbocycles. The molecule has 1 heterocycles. The summed E-state index contributed by atoms with van der Waals surface area (Å²) in [7, 11) is 0. The van der Waals surface area contributed by atoms with Gasteiger partial charge in [0.25, 0.3) is 0 Å². The van der Waals surface area contributed by atoms with Crippen molar-refractivity contribution in [1.82, 2.24) is 15.1 Å². The average molecular weight is 224 g/mol. The number of rotatable bonds is 7. The van der Waals surface area contributed by atoms with Crippen molar-refractivity contribution in [1.29, 1.82) is 0 Å². The molecular formula is C11H20N4O. The first-order chi connectivity index (χ1) is 7.63. The molecule has 1 amide bonds. The summed E-state index contributed by atoms with van der Waals surface area (Å²) in [5.74, 6) is -0.240. The number of aromatic nitrogens is 2. The second kappa shape index (κ2) is 6.27. The molecule has 0 fully saturated rings. The van der Waals surface area contributed by atoms with Gasteiger partial charge in [-0.05, 0) is 32.9 Å². The summed E-state index contributed by atoms with van der Waals surface area (Å²) in [5, 5.41) is 7.64. The molecule has 90 valence electrons. The van der Waals surface area contributed by atoms with Gasteiger partial charge in [-0.25, -0.2) is 0 Å². The quantitative estimate of drug-likeness (QED) is 0.665. The van der Waals surface area contributed by atoms with Gasteiger partial charge in [0.05, 0.1) is 11.4 Å². The second-order valence-electron chi connectivity index (χ2n) is 3.84. The molecule has 5 nitrogen and oxygen atoms in total. The topological polar surface area (TPSA) is 72.9 Å². The fourth-order valence-electron chi connectivity index (χ4n) is 1.62. The summed E-state index contributed by atoms with van der Waals surface area (Å²) < 4.78 is 1.98. The molecule has 0 radical (unpaired) electrons. The predicted octanol–water partition coefficient (Wildman–Crippen LogP) is 0.567. The van der Waals surface area contributed by atoms with E-state index >= 15 is 0 Å². The van der Waals surface area contributed by atoms with Gasteiger partial charge in [0.1, 0.15) is 0 Å². The Hall–Kier alpha value is -1.36. The van der Waals surface area contributed by atoms with Crippen LogP contribution in [0.25, 0.3) is 0 Å². The summed E-state index contributed by atoms with van der Waals surface area (Å²) in [5.41, 5.74) is 7.27. The maximum absolute atomic E-state index is 10.5. The normalized spacial score (nSPS) is 10.6. The Balaban J connectivity index is 2.28. The lowest BCUT2D eigenvalue weighted by Crippen LogP contribution is -2.19. The third kappa shape index (κ3) is 4.02. The largest absolute Gasteiger partial charge is 0.370 e. The summed E-state index contributed by atoms with van der Waals surface area (Å²) in [6.45, 7) is 6.53. The minimum Gasteiger partial charge on any atom is -0.370 e. The van der Waals surface area contributed by atoms with Gasteiger partial charge in [-0.15, -0.1) is 0 Å². The molecule has 3 N–H and O–H groups in total. The van der Waals surface area contributed by atoms with E-state index in [0.29, 0.717) is 6.42 Å². The van der Waals surface area contributed by atoms with Gasteiger partial charge in [0, 0.05) is 19.5 Å². The van der Waals surface area contributed by atoms with Crippen molar-refractivity contribution < 1.29 is 4.79 Å². The first-order valence-electron chi connectivity index (χ1n) is 5.65. The zero-order valence-corrected chi connectivity index (χ0v) is 9.99. The Morgan fingerprint density at radius 2 is 2.38 bits per heavy atom. The van der Waals surface area contributed by atoms with Crippen LogP contribution in [0.2, 0.25) is 0 Å². The standard InChI is InChI=1S/C11H20N4O/c1-3-15-10(7-9(2)14-15)8-13-6-4-5-11(12)16/h7,13H,3-6,8H2,1-2H3,(H2,12,16). The highest BCUT2D eigenvalue weighted by Crippen LogP contribution is 2.03. The van der Waals surface area contributed by atoms with Crippen molar-refractivity contribution >= 4 is 5.91 Å². The van der Waals surface area contributed by atoms with Crippen molar-refractivity contribution in [2.75, 3.05) is 6.54 Å². The van der Waals surface area contributed by atoms with Crippen LogP contribution in [-0.2, 0) is 17.9 Å². The molecule has 0 aliphatic rings. The minimum atomic E-state index is -0.240. The van der Waals surface area contributed by atoms with Crippen molar-refractivity contribution in [3.8, 4) is 0 Å². The van der Waals surface area contributed by atoms with Crippen LogP contribution in [0.5, 0.6) is 0 Å². The number of aryl methyl sites for hydroxylation is 2. The Morgan fingerprint density at radius 1 is 1.62 bits per heavy atom. The van der Waals surface area contributed by atoms with Crippen LogP contribution in [0, 0.1) is 6.92 Å². The summed E-state index contributed by atoms with van der Waals surface area (Å²) >= 11 is 0. The highest BCUT2D eigenvalue weighted by molar-refractivity contribution is 5.73. The maximum Gasteiger partial charge on any atom is 0.217 e. The predicted molar refractivity (Wildman–Crippen MR) is 62.8 cm³/mol. The lowest BCUT2D eigenvalue weighted by atomic mass is 10.3. The first kappa shape index (κ1) is 12.7. The van der Waals surface area contributed by atoms with E-state index in [9.17, 15) is 4.79 Å². The van der Waals surface area contributed by atoms with Gasteiger partial charge in [-0.3, -0.25) is 9.48 Å². The van der Waals surface area contributed by atoms with Gasteiger partial charge in [-0.1, -0.05) is 0 Å². The van der Waals surface area contributed by atoms with E-state index < -0.39 is 0 Å². The molecule has 5 heteroatoms. The number of carbonyl (C=O) groups is 1. The molecule has 0 spiro atoms. The van der Waals surface area contributed by atoms with Gasteiger partial charge in [0.15, 0.2) is 0 Å². The Morgan fingerprint density at radius 3 is 3.00 bits per heavy atom. The van der Waals surface area contributed by atoms with Gasteiger partial charge < -0.3 is 11.1 Å². The summed E-state index contributed by atoms with van der Waals surface area (Å²) in [6.07, 6.45) is 1.23. The Kier molecular flexibility index (Phi) is 4.98. The zero-order chi connectivity index (χ0) is 12.0. The first-order valence-corrected chi connectivity index (χ1v) is 5.65. The number of nitrogens with two attached hydrogens (primary N) is 1. The van der Waals surface area contributed by atoms with Crippen LogP contribution in [-0.4, -0.2) is 22.2 Å². The molecule has 0 aliphatic carbocycles. The van der Waals surface area contributed by atoms with Crippen LogP contribution < -0.4 is 11.1 Å². The summed E-state index contributed by atoms with van der Waals surface area (Å²) in [6, 6.07) is 2.07. The third-order valence-corrected chi connectivity index (χ3v) is 2.37. The molecule has 0 aliphatic heterocycles. The van der Waals surface area contributed by atoms with E-state index in [4.69, 9.17) is 5.73 Å². The number of nitrogens with zero attached hydrogens (tertiary/aromatic N) is 2. The van der Waals surface area contributed by atoms with E-state index in [1.54, 1.807) is 0 Å². The maximum atomic E-state index is 10.5. The number of carbonyl (C=O) groups excluding carboxylic acids is 1. The fourth-order valence-corrected chi connectivity index (χ4v) is 1.62. The molecular weight excluding hydrogens is 204 g/mol. The van der Waals surface area contributed by atoms with E-state index in [-0.39, 0.29) is 5.91 Å². The molecule has 0 saturated heterocycles. The Bertz CT molecular complexity index is 346. The Labute approximate surface area is 96.0 Å².